The predicted molar refractivity (Wildman–Crippen MR) is 73.2 cm³/mol. The van der Waals surface area contributed by atoms with Gasteiger partial charge in [0.1, 0.15) is 13.5 Å². The van der Waals surface area contributed by atoms with Gasteiger partial charge in [0.25, 0.3) is 0 Å². The predicted octanol–water partition coefficient (Wildman–Crippen LogP) is 2.54. The van der Waals surface area contributed by atoms with E-state index in [-0.39, 0.29) is 5.78 Å². The fourth-order valence-electron chi connectivity index (χ4n) is 2.07. The monoisotopic (exact) mass is 250 g/mol. The average molecular weight is 250 g/mol. The first-order valence-corrected chi connectivity index (χ1v) is 9.68. The third-order valence-corrected chi connectivity index (χ3v) is 3.99. The lowest BCUT2D eigenvalue weighted by molar-refractivity contribution is -0.125. The molecule has 0 bridgehead atoms. The molecule has 1 rings (SSSR count). The van der Waals surface area contributed by atoms with E-state index < -0.39 is 19.6 Å². The molecule has 1 aliphatic rings. The first-order valence-electron chi connectivity index (χ1n) is 6.18. The normalized spacial score (nSPS) is 28.7. The number of ketones is 1. The van der Waals surface area contributed by atoms with Gasteiger partial charge in [0.15, 0.2) is 5.78 Å². The largest absolute Gasteiger partial charge is 0.391 e. The quantitative estimate of drug-likeness (QED) is 0.475. The first-order chi connectivity index (χ1) is 7.82. The number of hydrogen-bond acceptors (Lipinski definition) is 2. The second-order valence-corrected chi connectivity index (χ2v) is 10.5. The second kappa shape index (κ2) is 5.20. The van der Waals surface area contributed by atoms with Gasteiger partial charge in [0, 0.05) is 6.42 Å². The molecule has 1 fully saturated rings. The molecular formula is C14H22O2Si. The summed E-state index contributed by atoms with van der Waals surface area (Å²) in [6.45, 7) is 10.1. The lowest BCUT2D eigenvalue weighted by Crippen LogP contribution is -2.35. The number of carbonyl (C=O) groups is 1. The topological polar surface area (TPSA) is 37.3 Å². The number of allylic oxidation sites excluding steroid dienone is 1. The van der Waals surface area contributed by atoms with Gasteiger partial charge in [-0.15, -0.1) is 12.1 Å². The van der Waals surface area contributed by atoms with Gasteiger partial charge >= 0.3 is 0 Å². The van der Waals surface area contributed by atoms with Crippen LogP contribution in [-0.4, -0.2) is 25.1 Å². The Morgan fingerprint density at radius 3 is 2.65 bits per heavy atom. The molecule has 0 saturated heterocycles. The molecule has 0 spiro atoms. The molecule has 0 aromatic carbocycles. The Morgan fingerprint density at radius 1 is 1.59 bits per heavy atom. The van der Waals surface area contributed by atoms with Crippen LogP contribution in [0.4, 0.5) is 0 Å². The lowest BCUT2D eigenvalue weighted by Gasteiger charge is -2.25. The zero-order valence-corrected chi connectivity index (χ0v) is 12.0. The van der Waals surface area contributed by atoms with Gasteiger partial charge in [0.05, 0.1) is 6.10 Å². The Labute approximate surface area is 105 Å². The summed E-state index contributed by atoms with van der Waals surface area (Å²) in [6.07, 6.45) is 3.53. The summed E-state index contributed by atoms with van der Waals surface area (Å²) in [5.41, 5.74) is 2.44. The van der Waals surface area contributed by atoms with Crippen LogP contribution in [-0.2, 0) is 4.79 Å². The Kier molecular flexibility index (Phi) is 4.35. The van der Waals surface area contributed by atoms with E-state index in [2.05, 4.69) is 37.7 Å². The zero-order chi connectivity index (χ0) is 13.1. The molecule has 0 aliphatic heterocycles. The van der Waals surface area contributed by atoms with Crippen LogP contribution in [0.25, 0.3) is 0 Å². The fraction of sp³-hybridized carbons (Fsp3) is 0.643. The molecule has 0 aromatic heterocycles. The maximum atomic E-state index is 12.0. The third kappa shape index (κ3) is 3.30. The Hall–Kier alpha value is -0.853. The van der Waals surface area contributed by atoms with Gasteiger partial charge < -0.3 is 5.11 Å². The standard InChI is InChI=1S/C14H22O2Si/c1-5-6-9-14(10-11-17(2,3)4)12(15)7-8-13(14)16/h5,12,15H,1,6-9H2,2-4H3/t12-,14+/m1/s1. The van der Waals surface area contributed by atoms with E-state index in [1.54, 1.807) is 6.08 Å². The molecule has 17 heavy (non-hydrogen) atoms. The Bertz CT molecular complexity index is 370. The third-order valence-electron chi connectivity index (χ3n) is 3.11. The molecule has 2 nitrogen and oxygen atoms in total. The van der Waals surface area contributed by atoms with Crippen molar-refractivity contribution in [3.63, 3.8) is 0 Å². The van der Waals surface area contributed by atoms with Crippen molar-refractivity contribution in [2.75, 3.05) is 0 Å². The maximum Gasteiger partial charge on any atom is 0.153 e. The molecule has 0 heterocycles. The van der Waals surface area contributed by atoms with Gasteiger partial charge in [-0.3, -0.25) is 4.79 Å². The number of hydrogen-bond donors (Lipinski definition) is 1. The van der Waals surface area contributed by atoms with Gasteiger partial charge in [0.2, 0.25) is 0 Å². The highest BCUT2D eigenvalue weighted by atomic mass is 28.3. The number of rotatable bonds is 3. The number of aliphatic hydroxyl groups is 1. The van der Waals surface area contributed by atoms with Crippen LogP contribution >= 0.6 is 0 Å². The van der Waals surface area contributed by atoms with Crippen molar-refractivity contribution in [3.05, 3.63) is 12.7 Å². The van der Waals surface area contributed by atoms with Gasteiger partial charge in [-0.1, -0.05) is 31.6 Å². The van der Waals surface area contributed by atoms with Gasteiger partial charge in [-0.25, -0.2) is 0 Å². The van der Waals surface area contributed by atoms with Crippen molar-refractivity contribution >= 4 is 13.9 Å². The summed E-state index contributed by atoms with van der Waals surface area (Å²) in [4.78, 5) is 12.0. The molecule has 3 heteroatoms. The van der Waals surface area contributed by atoms with Crippen molar-refractivity contribution in [2.24, 2.45) is 5.41 Å². The van der Waals surface area contributed by atoms with Crippen LogP contribution in [0.3, 0.4) is 0 Å². The van der Waals surface area contributed by atoms with Crippen molar-refractivity contribution in [2.45, 2.75) is 51.4 Å². The van der Waals surface area contributed by atoms with E-state index >= 15 is 0 Å². The summed E-state index contributed by atoms with van der Waals surface area (Å²) in [7, 11) is -1.52. The minimum atomic E-state index is -1.52. The minimum absolute atomic E-state index is 0.109. The van der Waals surface area contributed by atoms with Crippen LogP contribution in [0, 0.1) is 16.9 Å². The van der Waals surface area contributed by atoms with Crippen LogP contribution in [0.2, 0.25) is 19.6 Å². The van der Waals surface area contributed by atoms with E-state index in [1.807, 2.05) is 0 Å². The van der Waals surface area contributed by atoms with E-state index in [9.17, 15) is 9.90 Å². The van der Waals surface area contributed by atoms with Crippen LogP contribution < -0.4 is 0 Å². The molecule has 94 valence electrons. The van der Waals surface area contributed by atoms with Crippen molar-refractivity contribution in [3.8, 4) is 11.5 Å². The highest BCUT2D eigenvalue weighted by Crippen LogP contribution is 2.39. The molecule has 0 aromatic rings. The number of Topliss-reactive ketones (excluding diaryl/α,β-unsaturated/α-hetero) is 1. The van der Waals surface area contributed by atoms with Gasteiger partial charge in [-0.05, 0) is 19.3 Å². The second-order valence-electron chi connectivity index (χ2n) is 5.78. The van der Waals surface area contributed by atoms with Crippen LogP contribution in [0.15, 0.2) is 12.7 Å². The molecule has 1 saturated carbocycles. The molecule has 1 aliphatic carbocycles. The zero-order valence-electron chi connectivity index (χ0n) is 11.0. The van der Waals surface area contributed by atoms with Crippen LogP contribution in [0.1, 0.15) is 25.7 Å². The van der Waals surface area contributed by atoms with E-state index in [0.717, 1.165) is 6.42 Å². The molecular weight excluding hydrogens is 228 g/mol. The van der Waals surface area contributed by atoms with Crippen molar-refractivity contribution < 1.29 is 9.90 Å². The highest BCUT2D eigenvalue weighted by molar-refractivity contribution is 6.83. The maximum absolute atomic E-state index is 12.0. The SMILES string of the molecule is C=CCC[C@@]1(C#C[Si](C)(C)C)C(=O)CC[C@H]1O. The summed E-state index contributed by atoms with van der Waals surface area (Å²) >= 11 is 0. The molecule has 0 unspecified atom stereocenters. The average Bonchev–Trinajstić information content (AvgIpc) is 2.50. The molecule has 0 radical (unpaired) electrons. The first kappa shape index (κ1) is 14.2. The summed E-state index contributed by atoms with van der Waals surface area (Å²) in [6, 6.07) is 0. The summed E-state index contributed by atoms with van der Waals surface area (Å²) in [5, 5.41) is 10.1. The molecule has 1 N–H and O–H groups in total. The fourth-order valence-corrected chi connectivity index (χ4v) is 2.67. The van der Waals surface area contributed by atoms with Crippen LogP contribution in [0.5, 0.6) is 0 Å². The van der Waals surface area contributed by atoms with E-state index in [1.165, 1.54) is 0 Å². The summed E-state index contributed by atoms with van der Waals surface area (Å²) in [5.74, 6) is 3.24. The summed E-state index contributed by atoms with van der Waals surface area (Å²) < 4.78 is 0. The van der Waals surface area contributed by atoms with E-state index in [0.29, 0.717) is 19.3 Å². The minimum Gasteiger partial charge on any atom is -0.391 e. The number of aliphatic hydroxyl groups excluding tert-OH is 1. The van der Waals surface area contributed by atoms with Crippen molar-refractivity contribution in [1.29, 1.82) is 0 Å². The van der Waals surface area contributed by atoms with Gasteiger partial charge in [-0.2, -0.15) is 0 Å². The highest BCUT2D eigenvalue weighted by Gasteiger charge is 2.47. The lowest BCUT2D eigenvalue weighted by atomic mass is 9.79. The molecule has 0 amide bonds. The molecule has 2 atom stereocenters. The Balaban J connectivity index is 3.04. The Morgan fingerprint density at radius 2 is 2.24 bits per heavy atom. The van der Waals surface area contributed by atoms with E-state index in [4.69, 9.17) is 0 Å². The van der Waals surface area contributed by atoms with Crippen molar-refractivity contribution in [1.82, 2.24) is 0 Å². The number of carbonyl (C=O) groups excluding carboxylic acids is 1. The smallest absolute Gasteiger partial charge is 0.153 e.